The first-order valence-corrected chi connectivity index (χ1v) is 9.60. The summed E-state index contributed by atoms with van der Waals surface area (Å²) in [7, 11) is 1.66. The summed E-state index contributed by atoms with van der Waals surface area (Å²) in [6, 6.07) is 15.1. The third kappa shape index (κ3) is 5.10. The first kappa shape index (κ1) is 19.9. The topological polar surface area (TPSA) is 70.7 Å². The van der Waals surface area contributed by atoms with Gasteiger partial charge in [0.2, 0.25) is 5.91 Å². The Morgan fingerprint density at radius 1 is 1.11 bits per heavy atom. The third-order valence-corrected chi connectivity index (χ3v) is 4.96. The van der Waals surface area contributed by atoms with Gasteiger partial charge in [0.05, 0.1) is 13.2 Å². The van der Waals surface area contributed by atoms with Crippen molar-refractivity contribution in [2.45, 2.75) is 25.8 Å². The van der Waals surface area contributed by atoms with E-state index in [4.69, 9.17) is 4.74 Å². The molecule has 2 aromatic rings. The Hall–Kier alpha value is -2.86. The van der Waals surface area contributed by atoms with Crippen LogP contribution >= 0.6 is 0 Å². The number of hydrogen-bond donors (Lipinski definition) is 2. The van der Waals surface area contributed by atoms with Crippen molar-refractivity contribution in [2.75, 3.05) is 32.1 Å². The summed E-state index contributed by atoms with van der Waals surface area (Å²) in [6.07, 6.45) is 2.35. The van der Waals surface area contributed by atoms with Gasteiger partial charge in [-0.05, 0) is 61.8 Å². The molecule has 2 N–H and O–H groups in total. The molecule has 6 heteroatoms. The zero-order chi connectivity index (χ0) is 19.9. The van der Waals surface area contributed by atoms with Gasteiger partial charge >= 0.3 is 0 Å². The van der Waals surface area contributed by atoms with E-state index in [1.165, 1.54) is 19.8 Å². The summed E-state index contributed by atoms with van der Waals surface area (Å²) in [5, 5.41) is 5.77. The second-order valence-corrected chi connectivity index (χ2v) is 7.01. The molecule has 6 nitrogen and oxygen atoms in total. The fraction of sp³-hybridized carbons (Fsp3) is 0.364. The first-order valence-electron chi connectivity index (χ1n) is 9.60. The first-order chi connectivity index (χ1) is 13.6. The smallest absolute Gasteiger partial charge is 0.251 e. The molecule has 0 bridgehead atoms. The summed E-state index contributed by atoms with van der Waals surface area (Å²) in [5.41, 5.74) is 2.27. The third-order valence-electron chi connectivity index (χ3n) is 4.96. The van der Waals surface area contributed by atoms with E-state index in [0.29, 0.717) is 17.8 Å². The normalized spacial score (nSPS) is 15.1. The van der Waals surface area contributed by atoms with Crippen molar-refractivity contribution in [3.05, 3.63) is 59.7 Å². The van der Waals surface area contributed by atoms with Crippen LogP contribution in [-0.4, -0.2) is 43.5 Å². The maximum absolute atomic E-state index is 12.7. The van der Waals surface area contributed by atoms with Crippen LogP contribution in [0.1, 0.15) is 41.7 Å². The van der Waals surface area contributed by atoms with E-state index < -0.39 is 0 Å². The highest BCUT2D eigenvalue weighted by atomic mass is 16.5. The van der Waals surface area contributed by atoms with Crippen LogP contribution in [-0.2, 0) is 4.79 Å². The van der Waals surface area contributed by atoms with Crippen molar-refractivity contribution in [1.82, 2.24) is 10.2 Å². The van der Waals surface area contributed by atoms with Gasteiger partial charge in [0, 0.05) is 24.7 Å². The number of methoxy groups -OCH3 is 1. The molecule has 0 saturated carbocycles. The van der Waals surface area contributed by atoms with Crippen LogP contribution in [0.3, 0.4) is 0 Å². The average molecular weight is 381 g/mol. The van der Waals surface area contributed by atoms with Gasteiger partial charge in [-0.25, -0.2) is 0 Å². The summed E-state index contributed by atoms with van der Waals surface area (Å²) >= 11 is 0. The summed E-state index contributed by atoms with van der Waals surface area (Å²) in [5.74, 6) is 0.500. The van der Waals surface area contributed by atoms with E-state index in [-0.39, 0.29) is 17.9 Å². The number of ether oxygens (including phenoxy) is 1. The van der Waals surface area contributed by atoms with Gasteiger partial charge in [-0.1, -0.05) is 18.2 Å². The van der Waals surface area contributed by atoms with E-state index in [1.54, 1.807) is 31.4 Å². The Balaban J connectivity index is 1.72. The summed E-state index contributed by atoms with van der Waals surface area (Å²) in [4.78, 5) is 26.3. The molecule has 28 heavy (non-hydrogen) atoms. The Bertz CT molecular complexity index is 831. The molecule has 1 aliphatic heterocycles. The molecule has 0 spiro atoms. The maximum Gasteiger partial charge on any atom is 0.251 e. The molecule has 1 saturated heterocycles. The van der Waals surface area contributed by atoms with Crippen LogP contribution in [0.15, 0.2) is 48.5 Å². The highest BCUT2D eigenvalue weighted by molar-refractivity contribution is 5.96. The number of carbonyl (C=O) groups excluding carboxylic acids is 2. The van der Waals surface area contributed by atoms with Crippen LogP contribution < -0.4 is 15.4 Å². The number of anilines is 1. The Kier molecular flexibility index (Phi) is 6.66. The Morgan fingerprint density at radius 2 is 1.86 bits per heavy atom. The van der Waals surface area contributed by atoms with E-state index in [9.17, 15) is 9.59 Å². The van der Waals surface area contributed by atoms with E-state index >= 15 is 0 Å². The van der Waals surface area contributed by atoms with Crippen molar-refractivity contribution in [1.29, 1.82) is 0 Å². The van der Waals surface area contributed by atoms with Crippen LogP contribution in [0, 0.1) is 0 Å². The van der Waals surface area contributed by atoms with Crippen LogP contribution in [0.5, 0.6) is 5.75 Å². The van der Waals surface area contributed by atoms with Gasteiger partial charge in [0.25, 0.3) is 5.91 Å². The highest BCUT2D eigenvalue weighted by Crippen LogP contribution is 2.27. The number of benzene rings is 2. The van der Waals surface area contributed by atoms with Gasteiger partial charge in [-0.15, -0.1) is 0 Å². The van der Waals surface area contributed by atoms with Crippen molar-refractivity contribution in [3.63, 3.8) is 0 Å². The van der Waals surface area contributed by atoms with Gasteiger partial charge in [0.1, 0.15) is 5.75 Å². The lowest BCUT2D eigenvalue weighted by molar-refractivity contribution is -0.114. The summed E-state index contributed by atoms with van der Waals surface area (Å²) < 4.78 is 5.37. The largest absolute Gasteiger partial charge is 0.497 e. The van der Waals surface area contributed by atoms with E-state index in [1.807, 2.05) is 18.2 Å². The van der Waals surface area contributed by atoms with Gasteiger partial charge in [-0.2, -0.15) is 0 Å². The second-order valence-electron chi connectivity index (χ2n) is 7.01. The van der Waals surface area contributed by atoms with Gasteiger partial charge in [-0.3, -0.25) is 14.5 Å². The van der Waals surface area contributed by atoms with Crippen LogP contribution in [0.25, 0.3) is 0 Å². The minimum absolute atomic E-state index is 0.0973. The number of amides is 2. The predicted molar refractivity (Wildman–Crippen MR) is 110 cm³/mol. The van der Waals surface area contributed by atoms with Crippen LogP contribution in [0.2, 0.25) is 0 Å². The molecule has 1 aliphatic rings. The predicted octanol–water partition coefficient (Wildman–Crippen LogP) is 3.22. The quantitative estimate of drug-likeness (QED) is 0.773. The highest BCUT2D eigenvalue weighted by Gasteiger charge is 2.24. The number of carbonyl (C=O) groups is 2. The Morgan fingerprint density at radius 3 is 2.57 bits per heavy atom. The van der Waals surface area contributed by atoms with Crippen LogP contribution in [0.4, 0.5) is 5.69 Å². The fourth-order valence-electron chi connectivity index (χ4n) is 3.59. The molecule has 3 rings (SSSR count). The van der Waals surface area contributed by atoms with Crippen molar-refractivity contribution in [2.24, 2.45) is 0 Å². The lowest BCUT2D eigenvalue weighted by atomic mass is 10.0. The number of nitrogens with one attached hydrogen (secondary N) is 2. The number of hydrogen-bond acceptors (Lipinski definition) is 4. The molecule has 0 aromatic heterocycles. The standard InChI is InChI=1S/C22H27N3O3/c1-16(26)24-19-9-5-8-18(13-19)22(27)23-15-21(25-11-3-4-12-25)17-7-6-10-20(14-17)28-2/h5-10,13-14,21H,3-4,11-12,15H2,1-2H3,(H,23,27)(H,24,26). The molecular weight excluding hydrogens is 354 g/mol. The molecular formula is C22H27N3O3. The molecule has 148 valence electrons. The Labute approximate surface area is 165 Å². The lowest BCUT2D eigenvalue weighted by Gasteiger charge is -2.28. The number of likely N-dealkylation sites (tertiary alicyclic amines) is 1. The SMILES string of the molecule is COc1cccc(C(CNC(=O)c2cccc(NC(C)=O)c2)N2CCCC2)c1. The second kappa shape index (κ2) is 9.37. The molecule has 2 aromatic carbocycles. The molecule has 2 amide bonds. The van der Waals surface area contributed by atoms with E-state index in [2.05, 4.69) is 21.6 Å². The molecule has 0 radical (unpaired) electrons. The van der Waals surface area contributed by atoms with Crippen molar-refractivity contribution in [3.8, 4) is 5.75 Å². The zero-order valence-electron chi connectivity index (χ0n) is 16.4. The molecule has 1 atom stereocenters. The fourth-order valence-corrected chi connectivity index (χ4v) is 3.59. The molecule has 1 heterocycles. The monoisotopic (exact) mass is 381 g/mol. The summed E-state index contributed by atoms with van der Waals surface area (Å²) in [6.45, 7) is 4.00. The van der Waals surface area contributed by atoms with Gasteiger partial charge in [0.15, 0.2) is 0 Å². The minimum atomic E-state index is -0.162. The molecule has 1 unspecified atom stereocenters. The lowest BCUT2D eigenvalue weighted by Crippen LogP contribution is -2.36. The van der Waals surface area contributed by atoms with Crippen molar-refractivity contribution >= 4 is 17.5 Å². The maximum atomic E-state index is 12.7. The zero-order valence-corrected chi connectivity index (χ0v) is 16.4. The van der Waals surface area contributed by atoms with E-state index in [0.717, 1.165) is 24.4 Å². The van der Waals surface area contributed by atoms with Gasteiger partial charge < -0.3 is 15.4 Å². The van der Waals surface area contributed by atoms with Crippen molar-refractivity contribution < 1.29 is 14.3 Å². The molecule has 0 aliphatic carbocycles. The number of rotatable bonds is 7. The molecule has 1 fully saturated rings. The minimum Gasteiger partial charge on any atom is -0.497 e. The number of nitrogens with zero attached hydrogens (tertiary/aromatic N) is 1. The average Bonchev–Trinajstić information content (AvgIpc) is 3.22.